The number of nitro benzene ring substituents is 1. The van der Waals surface area contributed by atoms with Gasteiger partial charge < -0.3 is 4.98 Å². The molecule has 0 aliphatic carbocycles. The van der Waals surface area contributed by atoms with Crippen LogP contribution in [0.4, 0.5) is 5.69 Å². The van der Waals surface area contributed by atoms with Crippen molar-refractivity contribution in [2.24, 2.45) is 0 Å². The summed E-state index contributed by atoms with van der Waals surface area (Å²) in [6, 6.07) is 3.08. The van der Waals surface area contributed by atoms with E-state index in [1.807, 2.05) is 0 Å². The number of hydrogen-bond donors (Lipinski definition) is 2. The van der Waals surface area contributed by atoms with Crippen molar-refractivity contribution in [1.82, 2.24) is 14.7 Å². The molecule has 0 saturated heterocycles. The lowest BCUT2D eigenvalue weighted by Gasteiger charge is -2.13. The monoisotopic (exact) mass is 310 g/mol. The number of nitrogens with zero attached hydrogens (tertiary/aromatic N) is 2. The maximum absolute atomic E-state index is 12.3. The van der Waals surface area contributed by atoms with Crippen molar-refractivity contribution in [1.29, 1.82) is 0 Å². The second-order valence-corrected chi connectivity index (χ2v) is 6.21. The van der Waals surface area contributed by atoms with Crippen molar-refractivity contribution in [2.45, 2.75) is 24.8 Å². The van der Waals surface area contributed by atoms with Crippen LogP contribution in [0.5, 0.6) is 0 Å². The van der Waals surface area contributed by atoms with Crippen LogP contribution in [0.2, 0.25) is 0 Å². The van der Waals surface area contributed by atoms with Crippen LogP contribution < -0.4 is 4.72 Å². The zero-order valence-corrected chi connectivity index (χ0v) is 12.2. The minimum Gasteiger partial charge on any atom is -0.347 e. The smallest absolute Gasteiger partial charge is 0.269 e. The first-order valence-corrected chi connectivity index (χ1v) is 7.56. The van der Waals surface area contributed by atoms with Gasteiger partial charge in [0.1, 0.15) is 5.82 Å². The Kier molecular flexibility index (Phi) is 4.05. The third-order valence-electron chi connectivity index (χ3n) is 2.92. The molecule has 0 aliphatic heterocycles. The number of imidazole rings is 1. The van der Waals surface area contributed by atoms with Gasteiger partial charge in [0.15, 0.2) is 0 Å². The summed E-state index contributed by atoms with van der Waals surface area (Å²) in [4.78, 5) is 16.9. The summed E-state index contributed by atoms with van der Waals surface area (Å²) in [5.41, 5.74) is 0.161. The van der Waals surface area contributed by atoms with Crippen LogP contribution in [0.1, 0.15) is 24.4 Å². The highest BCUT2D eigenvalue weighted by Crippen LogP contribution is 2.22. The van der Waals surface area contributed by atoms with Crippen molar-refractivity contribution in [3.63, 3.8) is 0 Å². The Labute approximate surface area is 121 Å². The molecule has 0 spiro atoms. The van der Waals surface area contributed by atoms with E-state index >= 15 is 0 Å². The zero-order valence-electron chi connectivity index (χ0n) is 11.4. The number of sulfonamides is 1. The first-order valence-electron chi connectivity index (χ1n) is 6.08. The lowest BCUT2D eigenvalue weighted by Crippen LogP contribution is -2.28. The van der Waals surface area contributed by atoms with Gasteiger partial charge in [-0.3, -0.25) is 10.1 Å². The number of non-ortho nitro benzene ring substituents is 1. The van der Waals surface area contributed by atoms with Gasteiger partial charge >= 0.3 is 0 Å². The minimum atomic E-state index is -3.79. The number of aryl methyl sites for hydroxylation is 1. The lowest BCUT2D eigenvalue weighted by atomic mass is 10.2. The molecule has 0 fully saturated rings. The Bertz CT molecular complexity index is 756. The largest absolute Gasteiger partial charge is 0.347 e. The van der Waals surface area contributed by atoms with Gasteiger partial charge in [0.25, 0.3) is 5.69 Å². The van der Waals surface area contributed by atoms with Crippen molar-refractivity contribution in [3.05, 3.63) is 52.1 Å². The van der Waals surface area contributed by atoms with Crippen molar-refractivity contribution in [2.75, 3.05) is 0 Å². The number of nitro groups is 1. The molecule has 2 N–H and O–H groups in total. The Morgan fingerprint density at radius 3 is 2.67 bits per heavy atom. The molecule has 1 atom stereocenters. The zero-order chi connectivity index (χ0) is 15.6. The summed E-state index contributed by atoms with van der Waals surface area (Å²) in [6.45, 7) is 3.16. The molecule has 1 aromatic heterocycles. The third kappa shape index (κ3) is 3.26. The number of H-pyrrole nitrogens is 1. The van der Waals surface area contributed by atoms with Crippen molar-refractivity contribution >= 4 is 15.7 Å². The van der Waals surface area contributed by atoms with E-state index in [0.29, 0.717) is 11.4 Å². The summed E-state index contributed by atoms with van der Waals surface area (Å²) in [5, 5.41) is 10.7. The highest BCUT2D eigenvalue weighted by molar-refractivity contribution is 7.89. The molecule has 8 nitrogen and oxygen atoms in total. The molecular weight excluding hydrogens is 296 g/mol. The molecule has 0 bridgehead atoms. The van der Waals surface area contributed by atoms with Gasteiger partial charge in [-0.1, -0.05) is 0 Å². The Morgan fingerprint density at radius 2 is 2.14 bits per heavy atom. The molecular formula is C12H14N4O4S. The van der Waals surface area contributed by atoms with Gasteiger partial charge in [-0.25, -0.2) is 18.1 Å². The van der Waals surface area contributed by atoms with Crippen LogP contribution in [0.3, 0.4) is 0 Å². The Balaban J connectivity index is 2.29. The first kappa shape index (κ1) is 15.1. The Morgan fingerprint density at radius 1 is 1.43 bits per heavy atom. The second-order valence-electron chi connectivity index (χ2n) is 4.52. The lowest BCUT2D eigenvalue weighted by molar-refractivity contribution is -0.385. The molecule has 0 radical (unpaired) electrons. The Hall–Kier alpha value is -2.26. The maximum Gasteiger partial charge on any atom is 0.269 e. The molecule has 21 heavy (non-hydrogen) atoms. The SMILES string of the molecule is Cc1cc([N+](=O)[O-])ccc1S(=O)(=O)NC(C)c1ncc[nH]1. The first-order chi connectivity index (χ1) is 9.81. The fourth-order valence-electron chi connectivity index (χ4n) is 1.91. The molecule has 9 heteroatoms. The number of aromatic nitrogens is 2. The molecule has 1 heterocycles. The van der Waals surface area contributed by atoms with Crippen LogP contribution >= 0.6 is 0 Å². The third-order valence-corrected chi connectivity index (χ3v) is 4.62. The van der Waals surface area contributed by atoms with E-state index in [1.165, 1.54) is 31.3 Å². The van der Waals surface area contributed by atoms with Gasteiger partial charge in [0.2, 0.25) is 10.0 Å². The van der Waals surface area contributed by atoms with Gasteiger partial charge in [0.05, 0.1) is 15.9 Å². The molecule has 0 aliphatic rings. The van der Waals surface area contributed by atoms with E-state index in [2.05, 4.69) is 14.7 Å². The molecule has 2 aromatic rings. The van der Waals surface area contributed by atoms with Gasteiger partial charge in [-0.05, 0) is 25.5 Å². The van der Waals surface area contributed by atoms with E-state index in [1.54, 1.807) is 13.1 Å². The summed E-state index contributed by atoms with van der Waals surface area (Å²) in [7, 11) is -3.79. The van der Waals surface area contributed by atoms with Crippen LogP contribution in [0, 0.1) is 17.0 Å². The topological polar surface area (TPSA) is 118 Å². The quantitative estimate of drug-likeness (QED) is 0.643. The summed E-state index contributed by atoms with van der Waals surface area (Å²) in [6.07, 6.45) is 3.12. The van der Waals surface area contributed by atoms with E-state index in [-0.39, 0.29) is 10.6 Å². The van der Waals surface area contributed by atoms with Crippen LogP contribution in [0.25, 0.3) is 0 Å². The van der Waals surface area contributed by atoms with E-state index < -0.39 is 21.0 Å². The fourth-order valence-corrected chi connectivity index (χ4v) is 3.35. The molecule has 2 rings (SSSR count). The number of benzene rings is 1. The predicted molar refractivity (Wildman–Crippen MR) is 75.2 cm³/mol. The molecule has 1 aromatic carbocycles. The summed E-state index contributed by atoms with van der Waals surface area (Å²) >= 11 is 0. The molecule has 112 valence electrons. The van der Waals surface area contributed by atoms with Crippen LogP contribution in [-0.4, -0.2) is 23.3 Å². The van der Waals surface area contributed by atoms with Gasteiger partial charge in [0, 0.05) is 24.5 Å². The fraction of sp³-hybridized carbons (Fsp3) is 0.250. The number of nitrogens with one attached hydrogen (secondary N) is 2. The summed E-state index contributed by atoms with van der Waals surface area (Å²) < 4.78 is 27.1. The average Bonchev–Trinajstić information content (AvgIpc) is 2.91. The standard InChI is InChI=1S/C12H14N4O4S/c1-8-7-10(16(17)18)3-4-11(8)21(19,20)15-9(2)12-13-5-6-14-12/h3-7,9,15H,1-2H3,(H,13,14). The van der Waals surface area contributed by atoms with E-state index in [0.717, 1.165) is 0 Å². The normalized spacial score (nSPS) is 13.0. The van der Waals surface area contributed by atoms with Gasteiger partial charge in [-0.2, -0.15) is 0 Å². The average molecular weight is 310 g/mol. The maximum atomic E-state index is 12.3. The van der Waals surface area contributed by atoms with Crippen LogP contribution in [-0.2, 0) is 10.0 Å². The molecule has 1 unspecified atom stereocenters. The van der Waals surface area contributed by atoms with Crippen LogP contribution in [0.15, 0.2) is 35.5 Å². The van der Waals surface area contributed by atoms with Gasteiger partial charge in [-0.15, -0.1) is 0 Å². The highest BCUT2D eigenvalue weighted by atomic mass is 32.2. The number of rotatable bonds is 5. The highest BCUT2D eigenvalue weighted by Gasteiger charge is 2.22. The molecule has 0 saturated carbocycles. The number of aromatic amines is 1. The second kappa shape index (κ2) is 5.62. The predicted octanol–water partition coefficient (Wildman–Crippen LogP) is 1.67. The van der Waals surface area contributed by atoms with Crippen molar-refractivity contribution in [3.8, 4) is 0 Å². The number of hydrogen-bond acceptors (Lipinski definition) is 5. The van der Waals surface area contributed by atoms with Crippen molar-refractivity contribution < 1.29 is 13.3 Å². The van der Waals surface area contributed by atoms with E-state index in [9.17, 15) is 18.5 Å². The minimum absolute atomic E-state index is 0.00602. The van der Waals surface area contributed by atoms with E-state index in [4.69, 9.17) is 0 Å². The summed E-state index contributed by atoms with van der Waals surface area (Å²) in [5.74, 6) is 0.484. The molecule has 0 amide bonds.